The molecule has 3 atom stereocenters. The largest absolute Gasteiger partial charge is 0.308 e. The zero-order chi connectivity index (χ0) is 10.6. The second-order valence-corrected chi connectivity index (χ2v) is 4.64. The van der Waals surface area contributed by atoms with E-state index < -0.39 is 0 Å². The molecule has 2 nitrogen and oxygen atoms in total. The highest BCUT2D eigenvalue weighted by molar-refractivity contribution is 4.87. The van der Waals surface area contributed by atoms with Crippen molar-refractivity contribution >= 4 is 0 Å². The second kappa shape index (κ2) is 5.52. The van der Waals surface area contributed by atoms with Crippen LogP contribution in [0, 0.1) is 5.92 Å². The summed E-state index contributed by atoms with van der Waals surface area (Å²) in [6.07, 6.45) is 4.68. The Kier molecular flexibility index (Phi) is 4.63. The molecule has 0 saturated carbocycles. The highest BCUT2D eigenvalue weighted by atomic mass is 15.1. The highest BCUT2D eigenvalue weighted by Crippen LogP contribution is 2.18. The molecule has 1 aliphatic rings. The summed E-state index contributed by atoms with van der Waals surface area (Å²) in [7, 11) is 2.22. The number of nitrogens with one attached hydrogen (secondary N) is 1. The van der Waals surface area contributed by atoms with Crippen molar-refractivity contribution in [2.75, 3.05) is 20.1 Å². The van der Waals surface area contributed by atoms with Gasteiger partial charge in [0.05, 0.1) is 0 Å². The molecule has 1 rings (SSSR count). The summed E-state index contributed by atoms with van der Waals surface area (Å²) in [6, 6.07) is 1.03. The average Bonchev–Trinajstić information content (AvgIpc) is 2.17. The van der Waals surface area contributed by atoms with Gasteiger partial charge in [0.2, 0.25) is 0 Å². The number of rotatable bonds is 4. The lowest BCUT2D eigenvalue weighted by Crippen LogP contribution is -2.45. The Morgan fingerprint density at radius 3 is 2.79 bits per heavy atom. The molecule has 2 heteroatoms. The number of piperidine rings is 1. The smallest absolute Gasteiger partial charge is 0.0221 e. The normalized spacial score (nSPS) is 28.4. The van der Waals surface area contributed by atoms with Gasteiger partial charge in [0, 0.05) is 18.6 Å². The number of likely N-dealkylation sites (tertiary alicyclic amines) is 1. The van der Waals surface area contributed by atoms with Crippen molar-refractivity contribution in [3.63, 3.8) is 0 Å². The molecule has 0 aliphatic carbocycles. The van der Waals surface area contributed by atoms with Crippen molar-refractivity contribution in [2.45, 2.75) is 38.8 Å². The Labute approximate surface area is 88.4 Å². The Hall–Kier alpha value is -0.340. The fraction of sp³-hybridized carbons (Fsp3) is 0.833. The first-order valence-corrected chi connectivity index (χ1v) is 5.70. The zero-order valence-electron chi connectivity index (χ0n) is 9.79. The predicted molar refractivity (Wildman–Crippen MR) is 62.5 cm³/mol. The molecule has 0 spiro atoms. The summed E-state index contributed by atoms with van der Waals surface area (Å²) >= 11 is 0. The van der Waals surface area contributed by atoms with Crippen molar-refractivity contribution < 1.29 is 0 Å². The molecule has 1 fully saturated rings. The van der Waals surface area contributed by atoms with Gasteiger partial charge in [0.1, 0.15) is 0 Å². The van der Waals surface area contributed by atoms with Crippen molar-refractivity contribution in [3.8, 4) is 0 Å². The number of hydrogen-bond acceptors (Lipinski definition) is 2. The maximum absolute atomic E-state index is 3.80. The molecule has 1 saturated heterocycles. The number of nitrogens with zero attached hydrogens (tertiary/aromatic N) is 1. The monoisotopic (exact) mass is 196 g/mol. The van der Waals surface area contributed by atoms with Gasteiger partial charge in [0.15, 0.2) is 0 Å². The zero-order valence-corrected chi connectivity index (χ0v) is 9.79. The van der Waals surface area contributed by atoms with E-state index in [0.717, 1.165) is 5.92 Å². The number of hydrogen-bond donors (Lipinski definition) is 1. The molecular formula is C12H24N2. The van der Waals surface area contributed by atoms with Crippen LogP contribution in [0.25, 0.3) is 0 Å². The van der Waals surface area contributed by atoms with Crippen molar-refractivity contribution in [3.05, 3.63) is 12.7 Å². The van der Waals surface area contributed by atoms with E-state index in [-0.39, 0.29) is 0 Å². The Morgan fingerprint density at radius 2 is 2.21 bits per heavy atom. The highest BCUT2D eigenvalue weighted by Gasteiger charge is 2.22. The molecule has 1 N–H and O–H groups in total. The lowest BCUT2D eigenvalue weighted by Gasteiger charge is -2.34. The van der Waals surface area contributed by atoms with Crippen LogP contribution in [-0.2, 0) is 0 Å². The van der Waals surface area contributed by atoms with Crippen LogP contribution in [0.1, 0.15) is 26.7 Å². The Bertz CT molecular complexity index is 179. The van der Waals surface area contributed by atoms with Crippen LogP contribution in [0.3, 0.4) is 0 Å². The fourth-order valence-corrected chi connectivity index (χ4v) is 2.23. The second-order valence-electron chi connectivity index (χ2n) is 4.64. The van der Waals surface area contributed by atoms with Gasteiger partial charge in [-0.05, 0) is 46.2 Å². The minimum Gasteiger partial charge on any atom is -0.308 e. The fourth-order valence-electron chi connectivity index (χ4n) is 2.23. The van der Waals surface area contributed by atoms with Crippen molar-refractivity contribution in [1.82, 2.24) is 10.2 Å². The molecule has 0 amide bonds. The topological polar surface area (TPSA) is 15.3 Å². The quantitative estimate of drug-likeness (QED) is 0.691. The molecule has 14 heavy (non-hydrogen) atoms. The SMILES string of the molecule is C=CC(C)NC(C)C1CCCN(C)C1. The van der Waals surface area contributed by atoms with Gasteiger partial charge in [-0.15, -0.1) is 6.58 Å². The summed E-state index contributed by atoms with van der Waals surface area (Å²) in [5.74, 6) is 0.802. The predicted octanol–water partition coefficient (Wildman–Crippen LogP) is 1.88. The van der Waals surface area contributed by atoms with Crippen LogP contribution < -0.4 is 5.32 Å². The maximum Gasteiger partial charge on any atom is 0.0221 e. The minimum atomic E-state index is 0.428. The Morgan fingerprint density at radius 1 is 1.50 bits per heavy atom. The van der Waals surface area contributed by atoms with E-state index in [4.69, 9.17) is 0 Å². The van der Waals surface area contributed by atoms with E-state index in [1.807, 2.05) is 6.08 Å². The van der Waals surface area contributed by atoms with E-state index in [9.17, 15) is 0 Å². The first-order valence-electron chi connectivity index (χ1n) is 5.70. The molecule has 3 unspecified atom stereocenters. The van der Waals surface area contributed by atoms with Gasteiger partial charge >= 0.3 is 0 Å². The molecule has 82 valence electrons. The molecule has 1 aliphatic heterocycles. The van der Waals surface area contributed by atoms with E-state index in [1.165, 1.54) is 25.9 Å². The lowest BCUT2D eigenvalue weighted by molar-refractivity contribution is 0.177. The van der Waals surface area contributed by atoms with Gasteiger partial charge in [-0.2, -0.15) is 0 Å². The minimum absolute atomic E-state index is 0.428. The summed E-state index contributed by atoms with van der Waals surface area (Å²) in [5, 5.41) is 3.58. The molecular weight excluding hydrogens is 172 g/mol. The van der Waals surface area contributed by atoms with Crippen LogP contribution in [0.5, 0.6) is 0 Å². The first kappa shape index (κ1) is 11.7. The molecule has 0 bridgehead atoms. The molecule has 0 aromatic rings. The molecule has 0 aromatic heterocycles. The molecule has 0 aromatic carbocycles. The van der Waals surface area contributed by atoms with Crippen LogP contribution in [0.4, 0.5) is 0 Å². The molecule has 0 radical (unpaired) electrons. The van der Waals surface area contributed by atoms with Gasteiger partial charge in [-0.25, -0.2) is 0 Å². The summed E-state index contributed by atoms with van der Waals surface area (Å²) in [4.78, 5) is 2.44. The lowest BCUT2D eigenvalue weighted by atomic mass is 9.91. The van der Waals surface area contributed by atoms with Gasteiger partial charge in [0.25, 0.3) is 0 Å². The maximum atomic E-state index is 3.80. The average molecular weight is 196 g/mol. The molecule has 1 heterocycles. The Balaban J connectivity index is 2.35. The summed E-state index contributed by atoms with van der Waals surface area (Å²) < 4.78 is 0. The van der Waals surface area contributed by atoms with Crippen LogP contribution in [0.2, 0.25) is 0 Å². The van der Waals surface area contributed by atoms with Gasteiger partial charge in [-0.3, -0.25) is 0 Å². The summed E-state index contributed by atoms with van der Waals surface area (Å²) in [5.41, 5.74) is 0. The van der Waals surface area contributed by atoms with E-state index >= 15 is 0 Å². The van der Waals surface area contributed by atoms with Gasteiger partial charge < -0.3 is 10.2 Å². The third-order valence-corrected chi connectivity index (χ3v) is 3.25. The van der Waals surface area contributed by atoms with Crippen molar-refractivity contribution in [2.24, 2.45) is 5.92 Å². The van der Waals surface area contributed by atoms with Crippen LogP contribution >= 0.6 is 0 Å². The van der Waals surface area contributed by atoms with Crippen LogP contribution in [0.15, 0.2) is 12.7 Å². The third-order valence-electron chi connectivity index (χ3n) is 3.25. The first-order chi connectivity index (χ1) is 6.63. The van der Waals surface area contributed by atoms with E-state index in [1.54, 1.807) is 0 Å². The van der Waals surface area contributed by atoms with Crippen LogP contribution in [-0.4, -0.2) is 37.1 Å². The third kappa shape index (κ3) is 3.43. The van der Waals surface area contributed by atoms with Gasteiger partial charge in [-0.1, -0.05) is 6.08 Å². The van der Waals surface area contributed by atoms with E-state index in [0.29, 0.717) is 12.1 Å². The van der Waals surface area contributed by atoms with Crippen molar-refractivity contribution in [1.29, 1.82) is 0 Å². The summed E-state index contributed by atoms with van der Waals surface area (Å²) in [6.45, 7) is 10.8. The van der Waals surface area contributed by atoms with E-state index in [2.05, 4.69) is 37.7 Å². The standard InChI is InChI=1S/C12H24N2/c1-5-10(2)13-11(3)12-7-6-8-14(4)9-12/h5,10-13H,1,6-9H2,2-4H3.